The van der Waals surface area contributed by atoms with Gasteiger partial charge in [0.05, 0.1) is 11.9 Å². The zero-order valence-corrected chi connectivity index (χ0v) is 9.30. The van der Waals surface area contributed by atoms with Crippen molar-refractivity contribution in [2.75, 3.05) is 5.73 Å². The number of aromatic nitrogens is 4. The van der Waals surface area contributed by atoms with Gasteiger partial charge in [-0.05, 0) is 37.2 Å². The molecule has 15 heavy (non-hydrogen) atoms. The summed E-state index contributed by atoms with van der Waals surface area (Å²) in [7, 11) is 0. The van der Waals surface area contributed by atoms with E-state index >= 15 is 0 Å². The summed E-state index contributed by atoms with van der Waals surface area (Å²) in [5.74, 6) is 0.796. The van der Waals surface area contributed by atoms with Gasteiger partial charge in [0.15, 0.2) is 0 Å². The number of aromatic amines is 1. The van der Waals surface area contributed by atoms with Gasteiger partial charge in [-0.15, -0.1) is 5.10 Å². The molecule has 0 saturated heterocycles. The van der Waals surface area contributed by atoms with E-state index in [1.807, 2.05) is 19.9 Å². The first-order chi connectivity index (χ1) is 7.15. The minimum Gasteiger partial charge on any atom is -0.397 e. The molecule has 2 aromatic heterocycles. The van der Waals surface area contributed by atoms with E-state index in [1.165, 1.54) is 11.8 Å². The Morgan fingerprint density at radius 3 is 2.80 bits per heavy atom. The van der Waals surface area contributed by atoms with Crippen LogP contribution in [0, 0.1) is 13.8 Å². The summed E-state index contributed by atoms with van der Waals surface area (Å²) in [5, 5.41) is 8.32. The van der Waals surface area contributed by atoms with Crippen LogP contribution in [0.2, 0.25) is 0 Å². The number of hydrogen-bond donors (Lipinski definition) is 2. The lowest BCUT2D eigenvalue weighted by molar-refractivity contribution is 0.964. The van der Waals surface area contributed by atoms with Crippen LogP contribution < -0.4 is 5.73 Å². The molecule has 2 aromatic rings. The molecule has 2 heterocycles. The van der Waals surface area contributed by atoms with Gasteiger partial charge in [0.25, 0.3) is 0 Å². The van der Waals surface area contributed by atoms with Crippen LogP contribution in [-0.2, 0) is 0 Å². The molecule has 0 radical (unpaired) electrons. The quantitative estimate of drug-likeness (QED) is 0.804. The number of rotatable bonds is 2. The fourth-order valence-corrected chi connectivity index (χ4v) is 1.86. The molecule has 0 aromatic carbocycles. The lowest BCUT2D eigenvalue weighted by Crippen LogP contribution is -1.92. The van der Waals surface area contributed by atoms with E-state index in [9.17, 15) is 0 Å². The highest BCUT2D eigenvalue weighted by atomic mass is 32.2. The number of nitrogens with zero attached hydrogens (tertiary/aromatic N) is 3. The van der Waals surface area contributed by atoms with Crippen molar-refractivity contribution in [1.82, 2.24) is 20.2 Å². The van der Waals surface area contributed by atoms with E-state index in [0.717, 1.165) is 16.4 Å². The Morgan fingerprint density at radius 1 is 1.40 bits per heavy atom. The van der Waals surface area contributed by atoms with Crippen molar-refractivity contribution in [2.45, 2.75) is 24.0 Å². The van der Waals surface area contributed by atoms with Crippen molar-refractivity contribution >= 4 is 17.4 Å². The normalized spacial score (nSPS) is 10.5. The van der Waals surface area contributed by atoms with Crippen LogP contribution in [0.15, 0.2) is 22.4 Å². The molecule has 78 valence electrons. The van der Waals surface area contributed by atoms with Gasteiger partial charge in [-0.1, -0.05) is 0 Å². The van der Waals surface area contributed by atoms with Gasteiger partial charge in [0, 0.05) is 0 Å². The molecule has 0 atom stereocenters. The summed E-state index contributed by atoms with van der Waals surface area (Å²) >= 11 is 1.41. The van der Waals surface area contributed by atoms with Crippen LogP contribution in [-0.4, -0.2) is 20.2 Å². The summed E-state index contributed by atoms with van der Waals surface area (Å²) in [4.78, 5) is 8.37. The fraction of sp³-hybridized carbons (Fsp3) is 0.222. The van der Waals surface area contributed by atoms with Crippen molar-refractivity contribution in [2.24, 2.45) is 0 Å². The largest absolute Gasteiger partial charge is 0.397 e. The molecule has 6 heteroatoms. The third-order valence-corrected chi connectivity index (χ3v) is 2.70. The molecule has 0 spiro atoms. The molecule has 0 amide bonds. The van der Waals surface area contributed by atoms with E-state index in [-0.39, 0.29) is 0 Å². The third-order valence-electron chi connectivity index (χ3n) is 1.90. The third kappa shape index (κ3) is 2.27. The van der Waals surface area contributed by atoms with Crippen LogP contribution in [0.25, 0.3) is 0 Å². The van der Waals surface area contributed by atoms with E-state index in [1.54, 1.807) is 6.20 Å². The first-order valence-corrected chi connectivity index (χ1v) is 5.26. The maximum Gasteiger partial charge on any atom is 0.214 e. The Kier molecular flexibility index (Phi) is 2.59. The average Bonchev–Trinajstić information content (AvgIpc) is 2.58. The number of nitrogens with two attached hydrogens (primary N) is 1. The maximum atomic E-state index is 5.68. The second-order valence-electron chi connectivity index (χ2n) is 3.18. The molecule has 0 saturated carbocycles. The Hall–Kier alpha value is -1.56. The van der Waals surface area contributed by atoms with Crippen molar-refractivity contribution in [3.63, 3.8) is 0 Å². The van der Waals surface area contributed by atoms with E-state index in [2.05, 4.69) is 20.2 Å². The van der Waals surface area contributed by atoms with Crippen LogP contribution in [0.5, 0.6) is 0 Å². The Morgan fingerprint density at radius 2 is 2.20 bits per heavy atom. The minimum absolute atomic E-state index is 0.671. The topological polar surface area (TPSA) is 80.5 Å². The number of pyridine rings is 1. The van der Waals surface area contributed by atoms with Crippen LogP contribution >= 0.6 is 11.8 Å². The van der Waals surface area contributed by atoms with Crippen LogP contribution in [0.1, 0.15) is 11.4 Å². The second-order valence-corrected chi connectivity index (χ2v) is 4.17. The van der Waals surface area contributed by atoms with Crippen LogP contribution in [0.4, 0.5) is 5.69 Å². The summed E-state index contributed by atoms with van der Waals surface area (Å²) in [6.07, 6.45) is 1.65. The second kappa shape index (κ2) is 3.90. The smallest absolute Gasteiger partial charge is 0.214 e. The molecule has 0 aliphatic rings. The van der Waals surface area contributed by atoms with E-state index < -0.39 is 0 Å². The van der Waals surface area contributed by atoms with Gasteiger partial charge in [-0.25, -0.2) is 9.97 Å². The highest BCUT2D eigenvalue weighted by Crippen LogP contribution is 2.24. The fourth-order valence-electron chi connectivity index (χ4n) is 1.06. The predicted octanol–water partition coefficient (Wildman–Crippen LogP) is 1.55. The molecule has 5 nitrogen and oxygen atoms in total. The average molecular weight is 221 g/mol. The predicted molar refractivity (Wildman–Crippen MR) is 58.6 cm³/mol. The van der Waals surface area contributed by atoms with Crippen molar-refractivity contribution in [3.05, 3.63) is 23.7 Å². The molecule has 2 rings (SSSR count). The highest BCUT2D eigenvalue weighted by molar-refractivity contribution is 7.99. The van der Waals surface area contributed by atoms with Gasteiger partial charge < -0.3 is 5.73 Å². The Balaban J connectivity index is 2.21. The SMILES string of the molecule is Cc1nc(Sc2cc(C)c(N)cn2)n[nH]1. The van der Waals surface area contributed by atoms with E-state index in [0.29, 0.717) is 10.8 Å². The van der Waals surface area contributed by atoms with Crippen LogP contribution in [0.3, 0.4) is 0 Å². The first-order valence-electron chi connectivity index (χ1n) is 4.44. The lowest BCUT2D eigenvalue weighted by atomic mass is 10.3. The molecule has 0 aliphatic heterocycles. The van der Waals surface area contributed by atoms with Gasteiger partial charge in [-0.2, -0.15) is 0 Å². The van der Waals surface area contributed by atoms with Gasteiger partial charge in [-0.3, -0.25) is 5.10 Å². The van der Waals surface area contributed by atoms with E-state index in [4.69, 9.17) is 5.73 Å². The Labute approximate surface area is 91.5 Å². The molecule has 3 N–H and O–H groups in total. The van der Waals surface area contributed by atoms with Gasteiger partial charge in [0.2, 0.25) is 5.16 Å². The monoisotopic (exact) mass is 221 g/mol. The lowest BCUT2D eigenvalue weighted by Gasteiger charge is -2.00. The minimum atomic E-state index is 0.671. The summed E-state index contributed by atoms with van der Waals surface area (Å²) in [6, 6.07) is 1.92. The molecule has 0 unspecified atom stereocenters. The summed E-state index contributed by atoms with van der Waals surface area (Å²) in [5.41, 5.74) is 7.39. The zero-order chi connectivity index (χ0) is 10.8. The van der Waals surface area contributed by atoms with Crippen molar-refractivity contribution in [3.8, 4) is 0 Å². The van der Waals surface area contributed by atoms with Crippen molar-refractivity contribution < 1.29 is 0 Å². The molecule has 0 aliphatic carbocycles. The number of aryl methyl sites for hydroxylation is 2. The Bertz CT molecular complexity index is 479. The number of hydrogen-bond acceptors (Lipinski definition) is 5. The molecular weight excluding hydrogens is 210 g/mol. The summed E-state index contributed by atoms with van der Waals surface area (Å²) in [6.45, 7) is 3.81. The van der Waals surface area contributed by atoms with Gasteiger partial charge in [0.1, 0.15) is 10.9 Å². The molecule has 0 fully saturated rings. The number of H-pyrrole nitrogens is 1. The first kappa shape index (κ1) is 9.97. The number of nitrogen functional groups attached to an aromatic ring is 1. The molecular formula is C9H11N5S. The zero-order valence-electron chi connectivity index (χ0n) is 8.48. The number of nitrogens with one attached hydrogen (secondary N) is 1. The van der Waals surface area contributed by atoms with Gasteiger partial charge >= 0.3 is 0 Å². The molecule has 0 bridgehead atoms. The standard InChI is InChI=1S/C9H11N5S/c1-5-3-8(11-4-7(5)10)15-9-12-6(2)13-14-9/h3-4H,10H2,1-2H3,(H,12,13,14). The number of anilines is 1. The maximum absolute atomic E-state index is 5.68. The van der Waals surface area contributed by atoms with Crippen molar-refractivity contribution in [1.29, 1.82) is 0 Å². The summed E-state index contributed by atoms with van der Waals surface area (Å²) < 4.78 is 0. The highest BCUT2D eigenvalue weighted by Gasteiger charge is 2.05.